The van der Waals surface area contributed by atoms with Crippen LogP contribution >= 0.6 is 0 Å². The van der Waals surface area contributed by atoms with E-state index in [1.807, 2.05) is 6.20 Å². The molecule has 0 aliphatic rings. The summed E-state index contributed by atoms with van der Waals surface area (Å²) in [6.45, 7) is 8.95. The lowest BCUT2D eigenvalue weighted by atomic mass is 9.94. The molecule has 0 aliphatic carbocycles. The number of nitrogens with zero attached hydrogens (tertiary/aromatic N) is 5. The molecule has 64 heavy (non-hydrogen) atoms. The number of aromatic nitrogens is 4. The van der Waals surface area contributed by atoms with Crippen LogP contribution in [-0.2, 0) is 5.54 Å². The molecule has 0 aliphatic heterocycles. The van der Waals surface area contributed by atoms with Gasteiger partial charge in [0.2, 0.25) is 0 Å². The van der Waals surface area contributed by atoms with E-state index in [4.69, 9.17) is 4.98 Å². The normalized spacial score (nSPS) is 11.8. The van der Waals surface area contributed by atoms with E-state index in [9.17, 15) is 0 Å². The molecule has 0 radical (unpaired) electrons. The van der Waals surface area contributed by atoms with Gasteiger partial charge in [0, 0.05) is 58.0 Å². The Hall–Kier alpha value is -8.02. The maximum absolute atomic E-state index is 5.07. The molecule has 0 N–H and O–H groups in total. The highest BCUT2D eigenvalue weighted by molar-refractivity contribution is 6.11. The fraction of sp³-hybridized carbons (Fsp3) is 0.0847. The Balaban J connectivity index is 1.20. The van der Waals surface area contributed by atoms with Gasteiger partial charge in [-0.2, -0.15) is 4.57 Å². The van der Waals surface area contributed by atoms with Crippen molar-refractivity contribution in [3.05, 3.63) is 224 Å². The van der Waals surface area contributed by atoms with Crippen molar-refractivity contribution < 1.29 is 0 Å². The molecule has 0 saturated heterocycles. The molecule has 3 heterocycles. The average molecular weight is 827 g/mol. The van der Waals surface area contributed by atoms with Crippen LogP contribution in [0.15, 0.2) is 219 Å². The molecule has 5 nitrogen and oxygen atoms in total. The van der Waals surface area contributed by atoms with Crippen LogP contribution in [0.2, 0.25) is 0 Å². The maximum atomic E-state index is 5.07. The predicted octanol–water partition coefficient (Wildman–Crippen LogP) is 15.7. The van der Waals surface area contributed by atoms with Gasteiger partial charge in [0.1, 0.15) is 11.5 Å². The van der Waals surface area contributed by atoms with Crippen molar-refractivity contribution in [3.63, 3.8) is 0 Å². The van der Waals surface area contributed by atoms with Gasteiger partial charge in [-0.1, -0.05) is 127 Å². The molecule has 8 aromatic carbocycles. The van der Waals surface area contributed by atoms with E-state index in [1.54, 1.807) is 0 Å². The summed E-state index contributed by atoms with van der Waals surface area (Å²) in [4.78, 5) is 7.54. The molecule has 0 unspecified atom stereocenters. The highest BCUT2D eigenvalue weighted by atomic mass is 15.2. The van der Waals surface area contributed by atoms with Crippen LogP contribution in [0.1, 0.15) is 26.3 Å². The number of rotatable bonds is 8. The second kappa shape index (κ2) is 15.7. The monoisotopic (exact) mass is 826 g/mol. The molecule has 3 aromatic heterocycles. The van der Waals surface area contributed by atoms with E-state index >= 15 is 0 Å². The van der Waals surface area contributed by atoms with Gasteiger partial charge in [0.25, 0.3) is 0 Å². The zero-order chi connectivity index (χ0) is 43.4. The molecule has 11 aromatic rings. The lowest BCUT2D eigenvalue weighted by Crippen LogP contribution is -2.20. The average Bonchev–Trinajstić information content (AvgIpc) is 3.89. The van der Waals surface area contributed by atoms with E-state index in [2.05, 4.69) is 259 Å². The Labute approximate surface area is 374 Å². The third-order valence-electron chi connectivity index (χ3n) is 12.5. The lowest BCUT2D eigenvalue weighted by Gasteiger charge is -2.30. The van der Waals surface area contributed by atoms with E-state index in [-0.39, 0.29) is 5.54 Å². The Morgan fingerprint density at radius 2 is 1.06 bits per heavy atom. The van der Waals surface area contributed by atoms with Gasteiger partial charge in [-0.05, 0) is 110 Å². The number of aryl methyl sites for hydroxylation is 1. The number of anilines is 3. The standard InChI is InChI=1S/C59H48N5/c1-41-19-11-12-26-48(41)44-35-36-60-57(37-44)64-53-30-14-13-27-51(53)52-34-33-47(39-56(52)64)63(58-49(42-20-7-5-8-21-42)28-18-29-50(58)43-22-9-6-10-23-43)46-25-17-24-45(38-46)61-40-62(59(2,3)4)55-32-16-15-31-54(55)61/h5-40H,1-4H3/q+1. The maximum Gasteiger partial charge on any atom is 0.191 e. The van der Waals surface area contributed by atoms with Gasteiger partial charge < -0.3 is 4.90 Å². The van der Waals surface area contributed by atoms with Crippen molar-refractivity contribution in [2.45, 2.75) is 33.2 Å². The van der Waals surface area contributed by atoms with Gasteiger partial charge in [0.15, 0.2) is 17.4 Å². The SMILES string of the molecule is Cc1ccccc1-c1ccnc(-n2c3ccccc3c3ccc(N(c4cccc(-n5[cH+]n(C(C)(C)C)c6ccccc65)c4)c4c(-c5ccccc5)cccc4-c4ccccc4)cc32)c1. The summed E-state index contributed by atoms with van der Waals surface area (Å²) in [6, 6.07) is 74.5. The minimum Gasteiger partial charge on any atom is -0.308 e. The minimum absolute atomic E-state index is 0.115. The number of pyridine rings is 1. The van der Waals surface area contributed by atoms with Gasteiger partial charge >= 0.3 is 0 Å². The number of fused-ring (bicyclic) bond motifs is 4. The molecular weight excluding hydrogens is 779 g/mol. The summed E-state index contributed by atoms with van der Waals surface area (Å²) in [6.07, 6.45) is 4.19. The van der Waals surface area contributed by atoms with Crippen LogP contribution in [0.5, 0.6) is 0 Å². The van der Waals surface area contributed by atoms with Crippen LogP contribution in [-0.4, -0.2) is 18.7 Å². The van der Waals surface area contributed by atoms with E-state index in [0.29, 0.717) is 0 Å². The molecule has 0 spiro atoms. The van der Waals surface area contributed by atoms with Crippen LogP contribution in [0, 0.1) is 6.92 Å². The highest BCUT2D eigenvalue weighted by Gasteiger charge is 2.27. The number of hydrogen-bond donors (Lipinski definition) is 0. The first-order valence-electron chi connectivity index (χ1n) is 22.0. The topological polar surface area (TPSA) is 30.9 Å². The summed E-state index contributed by atoms with van der Waals surface area (Å²) in [7, 11) is 0. The van der Waals surface area contributed by atoms with Gasteiger partial charge in [0.05, 0.1) is 27.9 Å². The zero-order valence-electron chi connectivity index (χ0n) is 36.5. The van der Waals surface area contributed by atoms with Crippen molar-refractivity contribution in [1.29, 1.82) is 0 Å². The number of hydrogen-bond acceptors (Lipinski definition) is 2. The summed E-state index contributed by atoms with van der Waals surface area (Å²) >= 11 is 0. The Morgan fingerprint density at radius 3 is 1.78 bits per heavy atom. The number of benzene rings is 8. The molecule has 0 atom stereocenters. The smallest absolute Gasteiger partial charge is 0.191 e. The Bertz CT molecular complexity index is 3440. The molecule has 5 heteroatoms. The largest absolute Gasteiger partial charge is 0.308 e. The molecule has 0 saturated carbocycles. The molecule has 308 valence electrons. The molecule has 0 amide bonds. The van der Waals surface area contributed by atoms with Crippen LogP contribution in [0.3, 0.4) is 0 Å². The molecular formula is C59H48N5+. The number of imidazole rings is 1. The van der Waals surface area contributed by atoms with Crippen molar-refractivity contribution >= 4 is 49.9 Å². The summed E-state index contributed by atoms with van der Waals surface area (Å²) < 4.78 is 7.04. The molecule has 11 rings (SSSR count). The first-order valence-corrected chi connectivity index (χ1v) is 22.0. The fourth-order valence-electron chi connectivity index (χ4n) is 9.48. The van der Waals surface area contributed by atoms with Crippen LogP contribution in [0.4, 0.5) is 17.1 Å². The van der Waals surface area contributed by atoms with Crippen molar-refractivity contribution in [1.82, 2.24) is 18.7 Å². The van der Waals surface area contributed by atoms with E-state index in [1.165, 1.54) is 27.4 Å². The highest BCUT2D eigenvalue weighted by Crippen LogP contribution is 2.48. The van der Waals surface area contributed by atoms with Crippen LogP contribution in [0.25, 0.3) is 77.7 Å². The molecule has 0 bridgehead atoms. The van der Waals surface area contributed by atoms with E-state index < -0.39 is 0 Å². The Kier molecular flexibility index (Phi) is 9.54. The quantitative estimate of drug-likeness (QED) is 0.143. The summed E-state index contributed by atoms with van der Waals surface area (Å²) in [5, 5.41) is 2.35. The van der Waals surface area contributed by atoms with Gasteiger partial charge in [-0.25, -0.2) is 9.55 Å². The van der Waals surface area contributed by atoms with Crippen molar-refractivity contribution in [2.24, 2.45) is 0 Å². The third-order valence-corrected chi connectivity index (χ3v) is 12.5. The van der Waals surface area contributed by atoms with Gasteiger partial charge in [-0.3, -0.25) is 4.57 Å². The van der Waals surface area contributed by atoms with Gasteiger partial charge in [-0.15, -0.1) is 0 Å². The van der Waals surface area contributed by atoms with Crippen molar-refractivity contribution in [2.75, 3.05) is 4.90 Å². The number of para-hydroxylation sites is 4. The predicted molar refractivity (Wildman–Crippen MR) is 269 cm³/mol. The fourth-order valence-corrected chi connectivity index (χ4v) is 9.48. The molecule has 0 fully saturated rings. The lowest BCUT2D eigenvalue weighted by molar-refractivity contribution is 0.406. The van der Waals surface area contributed by atoms with Crippen molar-refractivity contribution in [3.8, 4) is 44.9 Å². The summed E-state index contributed by atoms with van der Waals surface area (Å²) in [5.74, 6) is 0.874. The zero-order valence-corrected chi connectivity index (χ0v) is 36.5. The summed E-state index contributed by atoms with van der Waals surface area (Å²) in [5.41, 5.74) is 16.8. The first kappa shape index (κ1) is 38.9. The first-order chi connectivity index (χ1) is 31.3. The third kappa shape index (κ3) is 6.74. The van der Waals surface area contributed by atoms with E-state index in [0.717, 1.165) is 72.9 Å². The second-order valence-electron chi connectivity index (χ2n) is 17.6. The second-order valence-corrected chi connectivity index (χ2v) is 17.6. The Morgan fingerprint density at radius 1 is 0.469 bits per heavy atom. The van der Waals surface area contributed by atoms with Crippen LogP contribution < -0.4 is 4.90 Å². The minimum atomic E-state index is -0.115.